The van der Waals surface area contributed by atoms with E-state index in [1.165, 1.54) is 22.3 Å². The van der Waals surface area contributed by atoms with Gasteiger partial charge in [-0.1, -0.05) is 72.3 Å². The van der Waals surface area contributed by atoms with Crippen molar-refractivity contribution >= 4 is 17.6 Å². The van der Waals surface area contributed by atoms with Crippen LogP contribution in [0.3, 0.4) is 0 Å². The number of aliphatic carboxylic acids is 1. The molecule has 0 atom stereocenters. The first kappa shape index (κ1) is 21.6. The third-order valence-corrected chi connectivity index (χ3v) is 6.07. The van der Waals surface area contributed by atoms with Crippen LogP contribution in [0.2, 0.25) is 5.02 Å². The van der Waals surface area contributed by atoms with E-state index in [4.69, 9.17) is 16.7 Å². The van der Waals surface area contributed by atoms with Crippen LogP contribution < -0.4 is 0 Å². The maximum Gasteiger partial charge on any atom is 0.307 e. The number of nitrogens with zero attached hydrogens (tertiary/aromatic N) is 2. The van der Waals surface area contributed by atoms with Crippen LogP contribution in [0.1, 0.15) is 16.7 Å². The normalized spacial score (nSPS) is 15.1. The number of carbonyl (C=O) groups is 1. The van der Waals surface area contributed by atoms with Gasteiger partial charge in [0.05, 0.1) is 6.42 Å². The Hall–Kier alpha value is -2.66. The molecule has 0 aromatic heterocycles. The van der Waals surface area contributed by atoms with Crippen LogP contribution in [0.5, 0.6) is 0 Å². The highest BCUT2D eigenvalue weighted by Gasteiger charge is 2.18. The van der Waals surface area contributed by atoms with Crippen LogP contribution in [0, 0.1) is 0 Å². The van der Waals surface area contributed by atoms with Gasteiger partial charge in [0.25, 0.3) is 0 Å². The van der Waals surface area contributed by atoms with E-state index in [-0.39, 0.29) is 6.42 Å². The highest BCUT2D eigenvalue weighted by atomic mass is 35.5. The van der Waals surface area contributed by atoms with Crippen molar-refractivity contribution in [2.24, 2.45) is 0 Å². The standard InChI is InChI=1S/C26H27ClN2O2/c27-24-11-9-22(10-12-24)25-4-2-1-3-23(25)19-29-15-13-28(14-16-29)18-21-7-5-20(6-8-21)17-26(30)31/h1-12H,13-19H2,(H,30,31). The van der Waals surface area contributed by atoms with E-state index >= 15 is 0 Å². The number of carboxylic acids is 1. The Kier molecular flexibility index (Phi) is 7.03. The Labute approximate surface area is 188 Å². The average molecular weight is 435 g/mol. The molecule has 0 spiro atoms. The van der Waals surface area contributed by atoms with E-state index in [0.29, 0.717) is 0 Å². The van der Waals surface area contributed by atoms with E-state index in [1.54, 1.807) is 0 Å². The minimum Gasteiger partial charge on any atom is -0.481 e. The smallest absolute Gasteiger partial charge is 0.307 e. The summed E-state index contributed by atoms with van der Waals surface area (Å²) in [5.74, 6) is -0.790. The molecule has 3 aromatic carbocycles. The molecule has 0 saturated carbocycles. The molecule has 5 heteroatoms. The molecule has 31 heavy (non-hydrogen) atoms. The highest BCUT2D eigenvalue weighted by Crippen LogP contribution is 2.26. The molecular weight excluding hydrogens is 408 g/mol. The predicted octanol–water partition coefficient (Wildman–Crippen LogP) is 4.95. The van der Waals surface area contributed by atoms with Gasteiger partial charge in [-0.25, -0.2) is 0 Å². The zero-order valence-electron chi connectivity index (χ0n) is 17.5. The predicted molar refractivity (Wildman–Crippen MR) is 125 cm³/mol. The first-order chi connectivity index (χ1) is 15.1. The summed E-state index contributed by atoms with van der Waals surface area (Å²) in [5, 5.41) is 9.66. The molecule has 3 aromatic rings. The molecule has 0 bridgehead atoms. The van der Waals surface area contributed by atoms with Crippen molar-refractivity contribution in [2.45, 2.75) is 19.5 Å². The third kappa shape index (κ3) is 5.95. The van der Waals surface area contributed by atoms with Gasteiger partial charge < -0.3 is 5.11 Å². The monoisotopic (exact) mass is 434 g/mol. The van der Waals surface area contributed by atoms with Gasteiger partial charge in [0.1, 0.15) is 0 Å². The number of halogens is 1. The van der Waals surface area contributed by atoms with Crippen molar-refractivity contribution in [2.75, 3.05) is 26.2 Å². The number of benzene rings is 3. The quantitative estimate of drug-likeness (QED) is 0.571. The van der Waals surface area contributed by atoms with E-state index in [9.17, 15) is 4.79 Å². The minimum atomic E-state index is -0.790. The zero-order chi connectivity index (χ0) is 21.6. The summed E-state index contributed by atoms with van der Waals surface area (Å²) in [5.41, 5.74) is 5.89. The average Bonchev–Trinajstić information content (AvgIpc) is 2.77. The van der Waals surface area contributed by atoms with Crippen molar-refractivity contribution in [1.82, 2.24) is 9.80 Å². The van der Waals surface area contributed by atoms with Gasteiger partial charge in [0.15, 0.2) is 0 Å². The summed E-state index contributed by atoms with van der Waals surface area (Å²) in [6.07, 6.45) is 0.0798. The first-order valence-corrected chi connectivity index (χ1v) is 11.0. The topological polar surface area (TPSA) is 43.8 Å². The van der Waals surface area contributed by atoms with Crippen LogP contribution in [0.4, 0.5) is 0 Å². The minimum absolute atomic E-state index is 0.0798. The van der Waals surface area contributed by atoms with Crippen LogP contribution in [-0.2, 0) is 24.3 Å². The van der Waals surface area contributed by atoms with Crippen molar-refractivity contribution in [3.63, 3.8) is 0 Å². The summed E-state index contributed by atoms with van der Waals surface area (Å²) in [7, 11) is 0. The largest absolute Gasteiger partial charge is 0.481 e. The zero-order valence-corrected chi connectivity index (χ0v) is 18.3. The van der Waals surface area contributed by atoms with Gasteiger partial charge in [0.2, 0.25) is 0 Å². The van der Waals surface area contributed by atoms with E-state index in [2.05, 4.69) is 46.2 Å². The second-order valence-corrected chi connectivity index (χ2v) is 8.54. The lowest BCUT2D eigenvalue weighted by Gasteiger charge is -2.35. The fraction of sp³-hybridized carbons (Fsp3) is 0.269. The molecule has 0 amide bonds. The van der Waals surface area contributed by atoms with E-state index < -0.39 is 5.97 Å². The van der Waals surface area contributed by atoms with Crippen molar-refractivity contribution in [3.8, 4) is 11.1 Å². The van der Waals surface area contributed by atoms with E-state index in [1.807, 2.05) is 36.4 Å². The van der Waals surface area contributed by atoms with Crippen LogP contribution in [0.25, 0.3) is 11.1 Å². The van der Waals surface area contributed by atoms with Gasteiger partial charge >= 0.3 is 5.97 Å². The number of hydrogen-bond acceptors (Lipinski definition) is 3. The lowest BCUT2D eigenvalue weighted by Crippen LogP contribution is -2.45. The molecule has 0 aliphatic carbocycles. The Balaban J connectivity index is 1.33. The van der Waals surface area contributed by atoms with Crippen LogP contribution in [0.15, 0.2) is 72.8 Å². The number of hydrogen-bond donors (Lipinski definition) is 1. The fourth-order valence-corrected chi connectivity index (χ4v) is 4.24. The first-order valence-electron chi connectivity index (χ1n) is 10.6. The summed E-state index contributed by atoms with van der Waals surface area (Å²) < 4.78 is 0. The molecule has 1 fully saturated rings. The fourth-order valence-electron chi connectivity index (χ4n) is 4.11. The Morgan fingerprint density at radius 2 is 1.35 bits per heavy atom. The van der Waals surface area contributed by atoms with Gasteiger partial charge in [-0.2, -0.15) is 0 Å². The number of rotatable bonds is 7. The molecule has 0 radical (unpaired) electrons. The Bertz CT molecular complexity index is 1010. The highest BCUT2D eigenvalue weighted by molar-refractivity contribution is 6.30. The van der Waals surface area contributed by atoms with Gasteiger partial charge in [-0.3, -0.25) is 14.6 Å². The number of piperazine rings is 1. The lowest BCUT2D eigenvalue weighted by atomic mass is 9.99. The SMILES string of the molecule is O=C(O)Cc1ccc(CN2CCN(Cc3ccccc3-c3ccc(Cl)cc3)CC2)cc1. The summed E-state index contributed by atoms with van der Waals surface area (Å²) in [4.78, 5) is 15.8. The number of carboxylic acid groups (broad SMARTS) is 1. The van der Waals surface area contributed by atoms with Crippen molar-refractivity contribution in [1.29, 1.82) is 0 Å². The molecule has 160 valence electrons. The molecule has 4 nitrogen and oxygen atoms in total. The molecule has 1 aliphatic heterocycles. The third-order valence-electron chi connectivity index (χ3n) is 5.82. The summed E-state index contributed by atoms with van der Waals surface area (Å²) in [6, 6.07) is 24.6. The lowest BCUT2D eigenvalue weighted by molar-refractivity contribution is -0.136. The molecule has 1 N–H and O–H groups in total. The van der Waals surface area contributed by atoms with Gasteiger partial charge in [-0.15, -0.1) is 0 Å². The van der Waals surface area contributed by atoms with Crippen molar-refractivity contribution < 1.29 is 9.90 Å². The molecule has 1 heterocycles. The maximum atomic E-state index is 10.8. The molecule has 4 rings (SSSR count). The van der Waals surface area contributed by atoms with Gasteiger partial charge in [0, 0.05) is 44.3 Å². The molecule has 1 saturated heterocycles. The van der Waals surface area contributed by atoms with E-state index in [0.717, 1.165) is 49.9 Å². The second-order valence-electron chi connectivity index (χ2n) is 8.10. The maximum absolute atomic E-state index is 10.8. The Morgan fingerprint density at radius 1 is 0.774 bits per heavy atom. The molecule has 1 aliphatic rings. The van der Waals surface area contributed by atoms with Crippen molar-refractivity contribution in [3.05, 3.63) is 94.5 Å². The van der Waals surface area contributed by atoms with Crippen LogP contribution >= 0.6 is 11.6 Å². The summed E-state index contributed by atoms with van der Waals surface area (Å²) >= 11 is 6.06. The Morgan fingerprint density at radius 3 is 2.00 bits per heavy atom. The van der Waals surface area contributed by atoms with Gasteiger partial charge in [-0.05, 0) is 39.9 Å². The van der Waals surface area contributed by atoms with Crippen LogP contribution in [-0.4, -0.2) is 47.1 Å². The second kappa shape index (κ2) is 10.1. The molecular formula is C26H27ClN2O2. The molecule has 0 unspecified atom stereocenters. The summed E-state index contributed by atoms with van der Waals surface area (Å²) in [6.45, 7) is 5.97.